The summed E-state index contributed by atoms with van der Waals surface area (Å²) in [6, 6.07) is 5.75. The molecule has 2 unspecified atom stereocenters. The van der Waals surface area contributed by atoms with Crippen molar-refractivity contribution in [3.63, 3.8) is 0 Å². The van der Waals surface area contributed by atoms with Crippen molar-refractivity contribution in [3.8, 4) is 5.88 Å². The normalized spacial score (nSPS) is 25.4. The molecule has 1 saturated heterocycles. The van der Waals surface area contributed by atoms with E-state index in [1.165, 1.54) is 19.1 Å². The van der Waals surface area contributed by atoms with Crippen LogP contribution in [0.5, 0.6) is 5.88 Å². The van der Waals surface area contributed by atoms with Crippen molar-refractivity contribution in [1.29, 1.82) is 0 Å². The summed E-state index contributed by atoms with van der Waals surface area (Å²) >= 11 is 0. The molecule has 1 amide bonds. The minimum atomic E-state index is -4.63. The van der Waals surface area contributed by atoms with Gasteiger partial charge in [-0.3, -0.25) is 14.7 Å². The van der Waals surface area contributed by atoms with Gasteiger partial charge in [-0.05, 0) is 38.0 Å². The molecule has 3 aromatic rings. The number of aromatic amines is 1. The number of aryl methyl sites for hydroxylation is 1. The third-order valence-electron chi connectivity index (χ3n) is 7.64. The number of hydrogen-bond donors (Lipinski definition) is 1. The zero-order chi connectivity index (χ0) is 27.9. The number of H-pyrrole nitrogens is 1. The molecule has 1 aliphatic carbocycles. The van der Waals surface area contributed by atoms with Crippen LogP contribution in [-0.4, -0.2) is 69.3 Å². The second-order valence-corrected chi connectivity index (χ2v) is 10.3. The fraction of sp³-hybridized carbons (Fsp3) is 0.481. The molecular weight excluding hydrogens is 520 g/mol. The second-order valence-electron chi connectivity index (χ2n) is 10.3. The van der Waals surface area contributed by atoms with Crippen LogP contribution in [0.2, 0.25) is 0 Å². The number of hydrogen-bond acceptors (Lipinski definition) is 6. The van der Waals surface area contributed by atoms with Crippen molar-refractivity contribution < 1.29 is 36.6 Å². The first-order valence-corrected chi connectivity index (χ1v) is 12.7. The van der Waals surface area contributed by atoms with E-state index in [2.05, 4.69) is 15.2 Å². The molecule has 39 heavy (non-hydrogen) atoms. The van der Waals surface area contributed by atoms with E-state index in [1.54, 1.807) is 31.3 Å². The van der Waals surface area contributed by atoms with Crippen molar-refractivity contribution in [1.82, 2.24) is 20.1 Å². The van der Waals surface area contributed by atoms with Crippen molar-refractivity contribution in [2.75, 3.05) is 13.2 Å². The highest BCUT2D eigenvalue weighted by molar-refractivity contribution is 5.90. The van der Waals surface area contributed by atoms with Gasteiger partial charge in [-0.25, -0.2) is 9.37 Å². The molecule has 2 fully saturated rings. The highest BCUT2D eigenvalue weighted by atomic mass is 19.4. The first kappa shape index (κ1) is 27.0. The summed E-state index contributed by atoms with van der Waals surface area (Å²) < 4.78 is 67.0. The number of halogens is 4. The lowest BCUT2D eigenvalue weighted by atomic mass is 9.59. The standard InChI is InChI=1S/C27H28F4N4O4/c1-15-13-35(22(14-38-15)27(29,30)31)24(37)9-6-17-4-3-5-19(28)25(17)26(16(2)36)10-18(11-26)39-23-8-7-20-21(33-23)12-32-34-20/h3-5,7-8,12,15,18,22H,6,9-11,13-14H2,1-2H3,(H,32,34). The summed E-state index contributed by atoms with van der Waals surface area (Å²) in [6.45, 7) is 2.18. The molecule has 12 heteroatoms. The molecule has 208 valence electrons. The average Bonchev–Trinajstić information content (AvgIpc) is 3.32. The van der Waals surface area contributed by atoms with Gasteiger partial charge in [0.1, 0.15) is 23.2 Å². The van der Waals surface area contributed by atoms with Crippen molar-refractivity contribution in [3.05, 3.63) is 53.5 Å². The van der Waals surface area contributed by atoms with Gasteiger partial charge in [0.2, 0.25) is 11.8 Å². The predicted octanol–water partition coefficient (Wildman–Crippen LogP) is 4.28. The quantitative estimate of drug-likeness (QED) is 0.443. The van der Waals surface area contributed by atoms with E-state index < -0.39 is 48.2 Å². The second kappa shape index (κ2) is 10.2. The molecule has 2 aliphatic rings. The molecule has 1 saturated carbocycles. The van der Waals surface area contributed by atoms with Crippen LogP contribution in [0.3, 0.4) is 0 Å². The van der Waals surface area contributed by atoms with Crippen molar-refractivity contribution >= 4 is 22.7 Å². The van der Waals surface area contributed by atoms with Gasteiger partial charge in [0, 0.05) is 37.4 Å². The van der Waals surface area contributed by atoms with E-state index in [1.807, 2.05) is 0 Å². The van der Waals surface area contributed by atoms with Crippen LogP contribution in [0.1, 0.15) is 44.2 Å². The number of rotatable bonds is 7. The Hall–Kier alpha value is -3.54. The molecule has 2 atom stereocenters. The minimum Gasteiger partial charge on any atom is -0.474 e. The van der Waals surface area contributed by atoms with Crippen LogP contribution in [0.4, 0.5) is 17.6 Å². The Morgan fingerprint density at radius 1 is 1.23 bits per heavy atom. The van der Waals surface area contributed by atoms with Crippen molar-refractivity contribution in [2.24, 2.45) is 0 Å². The minimum absolute atomic E-state index is 0.0124. The average molecular weight is 549 g/mol. The van der Waals surface area contributed by atoms with E-state index in [-0.39, 0.29) is 43.6 Å². The molecule has 1 N–H and O–H groups in total. The summed E-state index contributed by atoms with van der Waals surface area (Å²) in [5.74, 6) is -1.20. The first-order valence-electron chi connectivity index (χ1n) is 12.7. The van der Waals surface area contributed by atoms with E-state index in [0.29, 0.717) is 17.0 Å². The van der Waals surface area contributed by atoms with E-state index in [9.17, 15) is 22.8 Å². The van der Waals surface area contributed by atoms with E-state index in [0.717, 1.165) is 10.4 Å². The summed E-state index contributed by atoms with van der Waals surface area (Å²) in [4.78, 5) is 31.0. The fourth-order valence-corrected chi connectivity index (χ4v) is 5.56. The number of morpholine rings is 1. The number of ketones is 1. The van der Waals surface area contributed by atoms with Gasteiger partial charge in [0.15, 0.2) is 6.04 Å². The van der Waals surface area contributed by atoms with E-state index in [4.69, 9.17) is 9.47 Å². The summed E-state index contributed by atoms with van der Waals surface area (Å²) in [7, 11) is 0. The van der Waals surface area contributed by atoms with Crippen LogP contribution < -0.4 is 4.74 Å². The Bertz CT molecular complexity index is 1390. The summed E-state index contributed by atoms with van der Waals surface area (Å²) in [5, 5.41) is 6.72. The van der Waals surface area contributed by atoms with Gasteiger partial charge in [-0.1, -0.05) is 12.1 Å². The fourth-order valence-electron chi connectivity index (χ4n) is 5.56. The summed E-state index contributed by atoms with van der Waals surface area (Å²) in [5.41, 5.74) is 0.780. The number of pyridine rings is 1. The zero-order valence-corrected chi connectivity index (χ0v) is 21.4. The maximum Gasteiger partial charge on any atom is 0.411 e. The van der Waals surface area contributed by atoms with Gasteiger partial charge in [0.05, 0.1) is 29.8 Å². The SMILES string of the molecule is CC(=O)C1(c2c(F)cccc2CCC(=O)N2CC(C)OCC2C(F)(F)F)CC(Oc2ccc3[nH]ncc3n2)C1. The zero-order valence-electron chi connectivity index (χ0n) is 21.4. The van der Waals surface area contributed by atoms with Crippen LogP contribution >= 0.6 is 0 Å². The van der Waals surface area contributed by atoms with E-state index >= 15 is 4.39 Å². The molecule has 0 radical (unpaired) electrons. The molecule has 1 aliphatic heterocycles. The number of benzene rings is 1. The number of carbonyl (C=O) groups excluding carboxylic acids is 2. The van der Waals surface area contributed by atoms with Gasteiger partial charge >= 0.3 is 6.18 Å². The molecule has 8 nitrogen and oxygen atoms in total. The lowest BCUT2D eigenvalue weighted by Gasteiger charge is -2.46. The van der Waals surface area contributed by atoms with Crippen LogP contribution in [0, 0.1) is 5.82 Å². The monoisotopic (exact) mass is 548 g/mol. The number of alkyl halides is 3. The first-order chi connectivity index (χ1) is 18.5. The van der Waals surface area contributed by atoms with Crippen LogP contribution in [-0.2, 0) is 26.2 Å². The molecule has 1 aromatic carbocycles. The third kappa shape index (κ3) is 5.21. The molecule has 0 spiro atoms. The maximum absolute atomic E-state index is 15.3. The van der Waals surface area contributed by atoms with Crippen LogP contribution in [0.25, 0.3) is 11.0 Å². The Balaban J connectivity index is 1.33. The number of aromatic nitrogens is 3. The topological polar surface area (TPSA) is 97.4 Å². The number of Topliss-reactive ketones (excluding diaryl/α,β-unsaturated/α-hetero) is 1. The van der Waals surface area contributed by atoms with Gasteiger partial charge in [-0.15, -0.1) is 0 Å². The maximum atomic E-state index is 15.3. The highest BCUT2D eigenvalue weighted by Gasteiger charge is 2.53. The number of nitrogens with one attached hydrogen (secondary N) is 1. The van der Waals surface area contributed by atoms with Crippen molar-refractivity contribution in [2.45, 2.75) is 69.4 Å². The van der Waals surface area contributed by atoms with Gasteiger partial charge in [0.25, 0.3) is 0 Å². The number of ether oxygens (including phenoxy) is 2. The van der Waals surface area contributed by atoms with Gasteiger partial charge < -0.3 is 14.4 Å². The smallest absolute Gasteiger partial charge is 0.411 e. The highest BCUT2D eigenvalue weighted by Crippen LogP contribution is 2.48. The largest absolute Gasteiger partial charge is 0.474 e. The number of fused-ring (bicyclic) bond motifs is 1. The van der Waals surface area contributed by atoms with Crippen LogP contribution in [0.15, 0.2) is 36.5 Å². The molecule has 2 aromatic heterocycles. The number of amides is 1. The predicted molar refractivity (Wildman–Crippen MR) is 132 cm³/mol. The van der Waals surface area contributed by atoms with Gasteiger partial charge in [-0.2, -0.15) is 18.3 Å². The number of nitrogens with zero attached hydrogens (tertiary/aromatic N) is 3. The third-order valence-corrected chi connectivity index (χ3v) is 7.64. The Morgan fingerprint density at radius 3 is 2.72 bits per heavy atom. The Kier molecular flexibility index (Phi) is 7.08. The molecular formula is C27H28F4N4O4. The molecule has 5 rings (SSSR count). The Labute approximate surface area is 221 Å². The number of carbonyl (C=O) groups is 2. The lowest BCUT2D eigenvalue weighted by molar-refractivity contribution is -0.221. The molecule has 3 heterocycles. The lowest BCUT2D eigenvalue weighted by Crippen LogP contribution is -2.57. The molecule has 0 bridgehead atoms. The summed E-state index contributed by atoms with van der Waals surface area (Å²) in [6.07, 6.45) is -3.88. The Morgan fingerprint density at radius 2 is 2.00 bits per heavy atom.